The zero-order valence-corrected chi connectivity index (χ0v) is 9.05. The lowest BCUT2D eigenvalue weighted by Gasteiger charge is -2.34. The van der Waals surface area contributed by atoms with Crippen molar-refractivity contribution in [1.29, 1.82) is 0 Å². The Balaban J connectivity index is 2.28. The van der Waals surface area contributed by atoms with Crippen LogP contribution in [-0.4, -0.2) is 61.0 Å². The van der Waals surface area contributed by atoms with E-state index in [1.807, 2.05) is 11.8 Å². The van der Waals surface area contributed by atoms with Crippen LogP contribution < -0.4 is 0 Å². The van der Waals surface area contributed by atoms with Gasteiger partial charge in [0.1, 0.15) is 0 Å². The van der Waals surface area contributed by atoms with Crippen molar-refractivity contribution >= 4 is 11.8 Å². The molecule has 3 nitrogen and oxygen atoms in total. The average Bonchev–Trinajstić information content (AvgIpc) is 2.17. The molecule has 1 rings (SSSR count). The third kappa shape index (κ3) is 3.85. The summed E-state index contributed by atoms with van der Waals surface area (Å²) in [6.07, 6.45) is 0.900. The molecule has 0 aromatic carbocycles. The highest BCUT2D eigenvalue weighted by atomic mass is 32.2. The Hall–Kier alpha value is 0.230. The molecule has 0 saturated carbocycles. The van der Waals surface area contributed by atoms with Crippen molar-refractivity contribution in [3.8, 4) is 0 Å². The summed E-state index contributed by atoms with van der Waals surface area (Å²) in [6, 6.07) is 0.555. The summed E-state index contributed by atoms with van der Waals surface area (Å²) >= 11 is 1.99. The Labute approximate surface area is 84.4 Å². The van der Waals surface area contributed by atoms with Gasteiger partial charge in [0.05, 0.1) is 6.61 Å². The quantitative estimate of drug-likeness (QED) is 0.705. The fourth-order valence-corrected chi connectivity index (χ4v) is 2.79. The van der Waals surface area contributed by atoms with E-state index in [0.717, 1.165) is 31.9 Å². The highest BCUT2D eigenvalue weighted by molar-refractivity contribution is 7.99. The van der Waals surface area contributed by atoms with Crippen molar-refractivity contribution in [2.24, 2.45) is 0 Å². The third-order valence-corrected chi connectivity index (χ3v) is 3.49. The fourth-order valence-electron chi connectivity index (χ4n) is 1.61. The molecule has 0 amide bonds. The van der Waals surface area contributed by atoms with Gasteiger partial charge < -0.3 is 9.84 Å². The van der Waals surface area contributed by atoms with E-state index in [9.17, 15) is 0 Å². The van der Waals surface area contributed by atoms with Gasteiger partial charge in [-0.3, -0.25) is 4.90 Å². The second-order valence-corrected chi connectivity index (χ2v) is 4.42. The predicted molar refractivity (Wildman–Crippen MR) is 56.3 cm³/mol. The second-order valence-electron chi connectivity index (χ2n) is 3.27. The molecule has 0 unspecified atom stereocenters. The van der Waals surface area contributed by atoms with Gasteiger partial charge in [0.2, 0.25) is 0 Å². The molecule has 4 heteroatoms. The molecule has 1 N–H and O–H groups in total. The predicted octanol–water partition coefficient (Wildman–Crippen LogP) is 0.433. The molecule has 0 spiro atoms. The number of hydrogen-bond donors (Lipinski definition) is 1. The van der Waals surface area contributed by atoms with Crippen LogP contribution in [0.3, 0.4) is 0 Å². The van der Waals surface area contributed by atoms with Gasteiger partial charge in [-0.15, -0.1) is 0 Å². The lowest BCUT2D eigenvalue weighted by Crippen LogP contribution is -2.44. The van der Waals surface area contributed by atoms with E-state index < -0.39 is 0 Å². The molecule has 1 saturated heterocycles. The summed E-state index contributed by atoms with van der Waals surface area (Å²) in [5.74, 6) is 2.37. The van der Waals surface area contributed by atoms with Crippen molar-refractivity contribution in [1.82, 2.24) is 4.90 Å². The van der Waals surface area contributed by atoms with Gasteiger partial charge >= 0.3 is 0 Å². The standard InChI is InChI=1S/C9H19NO2S/c1-12-6-3-10-4-7-13-8-9(10)2-5-11/h9,11H,2-8H2,1H3/t9-/m1/s1. The van der Waals surface area contributed by atoms with Crippen LogP contribution in [0, 0.1) is 0 Å². The Morgan fingerprint density at radius 1 is 1.62 bits per heavy atom. The summed E-state index contributed by atoms with van der Waals surface area (Å²) in [4.78, 5) is 2.43. The first-order valence-electron chi connectivity index (χ1n) is 4.80. The molecule has 1 fully saturated rings. The number of thioether (sulfide) groups is 1. The molecule has 1 aliphatic rings. The first-order valence-corrected chi connectivity index (χ1v) is 5.95. The topological polar surface area (TPSA) is 32.7 Å². The lowest BCUT2D eigenvalue weighted by molar-refractivity contribution is 0.116. The summed E-state index contributed by atoms with van der Waals surface area (Å²) in [5, 5.41) is 8.89. The molecule has 1 atom stereocenters. The maximum Gasteiger partial charge on any atom is 0.0589 e. The van der Waals surface area contributed by atoms with Gasteiger partial charge in [0.25, 0.3) is 0 Å². The Morgan fingerprint density at radius 2 is 2.46 bits per heavy atom. The molecule has 1 aliphatic heterocycles. The van der Waals surface area contributed by atoms with E-state index in [1.165, 1.54) is 5.75 Å². The number of hydrogen-bond acceptors (Lipinski definition) is 4. The molecule has 0 bridgehead atoms. The van der Waals surface area contributed by atoms with Crippen LogP contribution in [0.4, 0.5) is 0 Å². The number of rotatable bonds is 5. The smallest absolute Gasteiger partial charge is 0.0589 e. The number of aliphatic hydroxyl groups is 1. The minimum absolute atomic E-state index is 0.300. The van der Waals surface area contributed by atoms with Crippen LogP contribution in [0.1, 0.15) is 6.42 Å². The first-order chi connectivity index (χ1) is 6.38. The van der Waals surface area contributed by atoms with Gasteiger partial charge in [0.15, 0.2) is 0 Å². The minimum atomic E-state index is 0.300. The minimum Gasteiger partial charge on any atom is -0.396 e. The van der Waals surface area contributed by atoms with Gasteiger partial charge in [0, 0.05) is 44.4 Å². The Kier molecular flexibility index (Phi) is 5.78. The van der Waals surface area contributed by atoms with Crippen molar-refractivity contribution in [3.63, 3.8) is 0 Å². The van der Waals surface area contributed by atoms with Crippen molar-refractivity contribution < 1.29 is 9.84 Å². The van der Waals surface area contributed by atoms with Crippen LogP contribution in [0.2, 0.25) is 0 Å². The van der Waals surface area contributed by atoms with Crippen LogP contribution in [0.25, 0.3) is 0 Å². The molecule has 13 heavy (non-hydrogen) atoms. The molecule has 0 aliphatic carbocycles. The number of nitrogens with zero attached hydrogens (tertiary/aromatic N) is 1. The van der Waals surface area contributed by atoms with Gasteiger partial charge in [-0.05, 0) is 6.42 Å². The van der Waals surface area contributed by atoms with Gasteiger partial charge in [-0.25, -0.2) is 0 Å². The fraction of sp³-hybridized carbons (Fsp3) is 1.00. The van der Waals surface area contributed by atoms with Crippen LogP contribution in [-0.2, 0) is 4.74 Å². The van der Waals surface area contributed by atoms with E-state index >= 15 is 0 Å². The SMILES string of the molecule is COCCN1CCSC[C@H]1CCO. The van der Waals surface area contributed by atoms with Gasteiger partial charge in [-0.2, -0.15) is 11.8 Å². The zero-order chi connectivity index (χ0) is 9.52. The normalized spacial score (nSPS) is 24.9. The van der Waals surface area contributed by atoms with Gasteiger partial charge in [-0.1, -0.05) is 0 Å². The van der Waals surface area contributed by atoms with E-state index in [-0.39, 0.29) is 0 Å². The largest absolute Gasteiger partial charge is 0.396 e. The number of methoxy groups -OCH3 is 1. The summed E-state index contributed by atoms with van der Waals surface area (Å²) < 4.78 is 5.06. The molecule has 0 aromatic heterocycles. The van der Waals surface area contributed by atoms with Crippen LogP contribution >= 0.6 is 11.8 Å². The Bertz CT molecular complexity index is 133. The number of aliphatic hydroxyl groups excluding tert-OH is 1. The first kappa shape index (κ1) is 11.3. The van der Waals surface area contributed by atoms with E-state index in [4.69, 9.17) is 9.84 Å². The molecule has 1 heterocycles. The van der Waals surface area contributed by atoms with Crippen LogP contribution in [0.15, 0.2) is 0 Å². The van der Waals surface area contributed by atoms with E-state index in [2.05, 4.69) is 4.90 Å². The van der Waals surface area contributed by atoms with Crippen molar-refractivity contribution in [2.75, 3.05) is 44.9 Å². The summed E-state index contributed by atoms with van der Waals surface area (Å²) in [5.41, 5.74) is 0. The third-order valence-electron chi connectivity index (χ3n) is 2.39. The lowest BCUT2D eigenvalue weighted by atomic mass is 10.2. The average molecular weight is 205 g/mol. The highest BCUT2D eigenvalue weighted by Gasteiger charge is 2.21. The highest BCUT2D eigenvalue weighted by Crippen LogP contribution is 2.18. The second kappa shape index (κ2) is 6.65. The Morgan fingerprint density at radius 3 is 3.15 bits per heavy atom. The molecular weight excluding hydrogens is 186 g/mol. The zero-order valence-electron chi connectivity index (χ0n) is 8.24. The maximum atomic E-state index is 8.89. The summed E-state index contributed by atoms with van der Waals surface area (Å²) in [6.45, 7) is 3.24. The summed E-state index contributed by atoms with van der Waals surface area (Å²) in [7, 11) is 1.74. The van der Waals surface area contributed by atoms with Crippen molar-refractivity contribution in [2.45, 2.75) is 12.5 Å². The number of ether oxygens (including phenoxy) is 1. The van der Waals surface area contributed by atoms with E-state index in [1.54, 1.807) is 7.11 Å². The maximum absolute atomic E-state index is 8.89. The molecular formula is C9H19NO2S. The van der Waals surface area contributed by atoms with E-state index in [0.29, 0.717) is 12.6 Å². The monoisotopic (exact) mass is 205 g/mol. The molecule has 78 valence electrons. The van der Waals surface area contributed by atoms with Crippen molar-refractivity contribution in [3.05, 3.63) is 0 Å². The van der Waals surface area contributed by atoms with Crippen LogP contribution in [0.5, 0.6) is 0 Å². The molecule has 0 radical (unpaired) electrons. The molecule has 0 aromatic rings.